The van der Waals surface area contributed by atoms with E-state index in [2.05, 4.69) is 154 Å². The predicted octanol–water partition coefficient (Wildman–Crippen LogP) is 21.4. The number of carbonyl (C=O) groups is 3. The number of ether oxygens (including phenoxy) is 3. The molecule has 0 fully saturated rings. The summed E-state index contributed by atoms with van der Waals surface area (Å²) in [6, 6.07) is 0. The fourth-order valence-corrected chi connectivity index (χ4v) is 8.26. The van der Waals surface area contributed by atoms with Crippen LogP contribution in [0.15, 0.2) is 134 Å². The van der Waals surface area contributed by atoms with Crippen LogP contribution in [0.2, 0.25) is 0 Å². The minimum Gasteiger partial charge on any atom is -0.462 e. The van der Waals surface area contributed by atoms with E-state index in [0.29, 0.717) is 19.3 Å². The zero-order valence-electron chi connectivity index (χ0n) is 49.2. The van der Waals surface area contributed by atoms with Crippen LogP contribution in [0.5, 0.6) is 0 Å². The smallest absolute Gasteiger partial charge is 0.306 e. The molecule has 0 rings (SSSR count). The number of carbonyl (C=O) groups excluding carboxylic acids is 3. The van der Waals surface area contributed by atoms with Crippen molar-refractivity contribution < 1.29 is 28.6 Å². The monoisotopic (exact) mass is 1050 g/mol. The third-order valence-electron chi connectivity index (χ3n) is 12.9. The van der Waals surface area contributed by atoms with Crippen molar-refractivity contribution in [3.8, 4) is 0 Å². The van der Waals surface area contributed by atoms with Gasteiger partial charge < -0.3 is 14.2 Å². The second kappa shape index (κ2) is 63.1. The van der Waals surface area contributed by atoms with Crippen LogP contribution in [0.1, 0.15) is 271 Å². The van der Waals surface area contributed by atoms with Crippen molar-refractivity contribution in [2.24, 2.45) is 0 Å². The maximum absolute atomic E-state index is 12.9. The van der Waals surface area contributed by atoms with Crippen LogP contribution < -0.4 is 0 Å². The topological polar surface area (TPSA) is 78.9 Å². The molecule has 76 heavy (non-hydrogen) atoms. The Bertz CT molecular complexity index is 1630. The summed E-state index contributed by atoms with van der Waals surface area (Å²) in [7, 11) is 0. The van der Waals surface area contributed by atoms with Crippen LogP contribution in [-0.4, -0.2) is 37.2 Å². The summed E-state index contributed by atoms with van der Waals surface area (Å²) in [6.45, 7) is 6.34. The van der Waals surface area contributed by atoms with E-state index in [0.717, 1.165) is 128 Å². The van der Waals surface area contributed by atoms with Crippen LogP contribution in [-0.2, 0) is 28.6 Å². The first-order valence-electron chi connectivity index (χ1n) is 31.2. The maximum atomic E-state index is 12.9. The van der Waals surface area contributed by atoms with Crippen molar-refractivity contribution in [2.45, 2.75) is 277 Å². The van der Waals surface area contributed by atoms with Crippen LogP contribution in [0, 0.1) is 0 Å². The van der Waals surface area contributed by atoms with E-state index >= 15 is 0 Å². The van der Waals surface area contributed by atoms with Crippen LogP contribution >= 0.6 is 0 Å². The van der Waals surface area contributed by atoms with Gasteiger partial charge in [-0.15, -0.1) is 0 Å². The summed E-state index contributed by atoms with van der Waals surface area (Å²) in [4.78, 5) is 38.3. The molecule has 0 aliphatic heterocycles. The molecule has 1 atom stereocenters. The van der Waals surface area contributed by atoms with E-state index in [1.54, 1.807) is 0 Å². The van der Waals surface area contributed by atoms with Gasteiger partial charge >= 0.3 is 17.9 Å². The number of rotatable bonds is 55. The molecule has 6 heteroatoms. The van der Waals surface area contributed by atoms with Gasteiger partial charge in [-0.05, 0) is 128 Å². The SMILES string of the molecule is CC/C=C\C/C=C\C/C=C\C/C=C\C/C=C\CCCC(=O)OC(COC(=O)CCCCCCC/C=C\C/C=C\CCCCCC)COC(=O)CCCCCCCCCCCCCC/C=C\C/C=C\C/C=C\C/C=C\CC. The van der Waals surface area contributed by atoms with Gasteiger partial charge in [0.2, 0.25) is 0 Å². The molecule has 0 aromatic carbocycles. The number of unbranched alkanes of at least 4 members (excludes halogenated alkanes) is 22. The minimum absolute atomic E-state index is 0.109. The molecule has 0 heterocycles. The summed E-state index contributed by atoms with van der Waals surface area (Å²) in [5.41, 5.74) is 0. The third-order valence-corrected chi connectivity index (χ3v) is 12.9. The molecule has 0 N–H and O–H groups in total. The third kappa shape index (κ3) is 60.4. The lowest BCUT2D eigenvalue weighted by molar-refractivity contribution is -0.167. The Morgan fingerprint density at radius 3 is 0.842 bits per heavy atom. The van der Waals surface area contributed by atoms with Gasteiger partial charge in [-0.3, -0.25) is 14.4 Å². The van der Waals surface area contributed by atoms with Gasteiger partial charge in [0, 0.05) is 19.3 Å². The highest BCUT2D eigenvalue weighted by Gasteiger charge is 2.19. The molecule has 6 nitrogen and oxygen atoms in total. The molecule has 0 aliphatic rings. The van der Waals surface area contributed by atoms with Crippen molar-refractivity contribution >= 4 is 17.9 Å². The number of hydrogen-bond acceptors (Lipinski definition) is 6. The van der Waals surface area contributed by atoms with E-state index in [4.69, 9.17) is 14.2 Å². The lowest BCUT2D eigenvalue weighted by atomic mass is 10.0. The summed E-state index contributed by atoms with van der Waals surface area (Å²) in [5.74, 6) is -0.983. The van der Waals surface area contributed by atoms with E-state index < -0.39 is 6.10 Å². The van der Waals surface area contributed by atoms with Gasteiger partial charge in [0.05, 0.1) is 0 Å². The van der Waals surface area contributed by atoms with Crippen molar-refractivity contribution in [1.29, 1.82) is 0 Å². The molecule has 0 saturated carbocycles. The van der Waals surface area contributed by atoms with Gasteiger partial charge in [-0.2, -0.15) is 0 Å². The quantitative estimate of drug-likeness (QED) is 0.0261. The molecule has 0 saturated heterocycles. The van der Waals surface area contributed by atoms with E-state index in [9.17, 15) is 14.4 Å². The van der Waals surface area contributed by atoms with Crippen LogP contribution in [0.4, 0.5) is 0 Å². The molecule has 0 aromatic rings. The Kier molecular flexibility index (Phi) is 59.4. The van der Waals surface area contributed by atoms with Gasteiger partial charge in [-0.1, -0.05) is 257 Å². The first-order chi connectivity index (χ1) is 37.5. The van der Waals surface area contributed by atoms with Gasteiger partial charge in [0.25, 0.3) is 0 Å². The molecular formula is C70H114O6. The van der Waals surface area contributed by atoms with Gasteiger partial charge in [0.15, 0.2) is 6.10 Å². The normalized spacial score (nSPS) is 13.0. The van der Waals surface area contributed by atoms with E-state index in [1.165, 1.54) is 96.3 Å². The first-order valence-corrected chi connectivity index (χ1v) is 31.2. The molecule has 430 valence electrons. The predicted molar refractivity (Wildman–Crippen MR) is 329 cm³/mol. The summed E-state index contributed by atoms with van der Waals surface area (Å²) in [6.07, 6.45) is 88.9. The fourth-order valence-electron chi connectivity index (χ4n) is 8.26. The molecule has 0 aliphatic carbocycles. The molecule has 0 radical (unpaired) electrons. The van der Waals surface area contributed by atoms with Gasteiger partial charge in [0.1, 0.15) is 13.2 Å². The van der Waals surface area contributed by atoms with E-state index in [1.807, 2.05) is 0 Å². The highest BCUT2D eigenvalue weighted by Crippen LogP contribution is 2.15. The molecule has 0 spiro atoms. The highest BCUT2D eigenvalue weighted by molar-refractivity contribution is 5.71. The van der Waals surface area contributed by atoms with Crippen molar-refractivity contribution in [3.05, 3.63) is 134 Å². The number of hydrogen-bond donors (Lipinski definition) is 0. The largest absolute Gasteiger partial charge is 0.462 e. The second-order valence-corrected chi connectivity index (χ2v) is 20.2. The standard InChI is InChI=1S/C70H114O6/c1-4-7-10-13-16-19-22-25-28-31-32-33-34-35-36-37-38-40-42-45-48-51-54-57-60-63-69(72)75-66-67(65-74-68(71)62-59-56-53-50-47-44-41-30-27-24-21-18-15-12-9-6-3)76-70(73)64-61-58-55-52-49-46-43-39-29-26-23-20-17-14-11-8-5-2/h7-8,10-11,16-17,19-21,24-26,28-30,32-33,41,43,46,52,55,67H,4-6,9,12-15,18,22-23,27,31,34-40,42,44-45,47-51,53-54,56-66H2,1-3H3/b10-7-,11-8-,19-16-,20-17-,24-21-,28-25-,29-26-,33-32-,41-30-,46-43-,55-52-. The van der Waals surface area contributed by atoms with Crippen LogP contribution in [0.3, 0.4) is 0 Å². The first kappa shape index (κ1) is 71.5. The zero-order valence-corrected chi connectivity index (χ0v) is 49.2. The van der Waals surface area contributed by atoms with Gasteiger partial charge in [-0.25, -0.2) is 0 Å². The molecule has 1 unspecified atom stereocenters. The highest BCUT2D eigenvalue weighted by atomic mass is 16.6. The fraction of sp³-hybridized carbons (Fsp3) is 0.643. The zero-order chi connectivity index (χ0) is 55.0. The lowest BCUT2D eigenvalue weighted by Gasteiger charge is -2.18. The Labute approximate surface area is 468 Å². The summed E-state index contributed by atoms with van der Waals surface area (Å²) < 4.78 is 16.9. The number of allylic oxidation sites excluding steroid dienone is 22. The molecular weight excluding hydrogens is 937 g/mol. The maximum Gasteiger partial charge on any atom is 0.306 e. The Morgan fingerprint density at radius 1 is 0.276 bits per heavy atom. The van der Waals surface area contributed by atoms with Crippen LogP contribution in [0.25, 0.3) is 0 Å². The Morgan fingerprint density at radius 2 is 0.526 bits per heavy atom. The van der Waals surface area contributed by atoms with E-state index in [-0.39, 0.29) is 37.5 Å². The Hall–Kier alpha value is -4.45. The molecule has 0 bridgehead atoms. The lowest BCUT2D eigenvalue weighted by Crippen LogP contribution is -2.30. The van der Waals surface area contributed by atoms with Crippen molar-refractivity contribution in [1.82, 2.24) is 0 Å². The average molecular weight is 1050 g/mol. The van der Waals surface area contributed by atoms with Crippen molar-refractivity contribution in [3.63, 3.8) is 0 Å². The molecule has 0 aromatic heterocycles. The summed E-state index contributed by atoms with van der Waals surface area (Å²) in [5, 5.41) is 0. The number of esters is 3. The molecule has 0 amide bonds. The summed E-state index contributed by atoms with van der Waals surface area (Å²) >= 11 is 0. The minimum atomic E-state index is -0.820. The Balaban J connectivity index is 4.43. The second-order valence-electron chi connectivity index (χ2n) is 20.2. The van der Waals surface area contributed by atoms with Crippen molar-refractivity contribution in [2.75, 3.05) is 13.2 Å². The average Bonchev–Trinajstić information content (AvgIpc) is 3.42.